The Balaban J connectivity index is 1.33. The van der Waals surface area contributed by atoms with Crippen molar-refractivity contribution < 1.29 is 19.1 Å². The second-order valence-electron chi connectivity index (χ2n) is 12.8. The summed E-state index contributed by atoms with van der Waals surface area (Å²) in [7, 11) is 1.54. The third kappa shape index (κ3) is 11.2. The van der Waals surface area contributed by atoms with E-state index in [0.717, 1.165) is 48.8 Å². The molecule has 0 radical (unpaired) electrons. The average molecular weight is 806 g/mol. The lowest BCUT2D eigenvalue weighted by molar-refractivity contribution is -0.118. The van der Waals surface area contributed by atoms with Crippen LogP contribution in [0.2, 0.25) is 15.1 Å². The van der Waals surface area contributed by atoms with Gasteiger partial charge in [-0.05, 0) is 97.5 Å². The zero-order valence-electron chi connectivity index (χ0n) is 30.9. The van der Waals surface area contributed by atoms with Crippen LogP contribution in [0.15, 0.2) is 93.9 Å². The molecule has 0 aliphatic heterocycles. The number of nitrogens with zero attached hydrogens (tertiary/aromatic N) is 3. The van der Waals surface area contributed by atoms with Crippen LogP contribution in [0.3, 0.4) is 0 Å². The number of rotatable bonds is 18. The average Bonchev–Trinajstić information content (AvgIpc) is 3.46. The number of carbonyl (C=O) groups excluding carboxylic acids is 2. The van der Waals surface area contributed by atoms with Crippen molar-refractivity contribution in [3.63, 3.8) is 0 Å². The number of azo groups is 1. The molecule has 0 aliphatic carbocycles. The summed E-state index contributed by atoms with van der Waals surface area (Å²) in [6, 6.07) is 22.1. The number of ether oxygens (including phenoxy) is 2. The highest BCUT2D eigenvalue weighted by Gasteiger charge is 2.22. The highest BCUT2D eigenvalue weighted by molar-refractivity contribution is 6.40. The molecule has 14 heteroatoms. The topological polar surface area (TPSA) is 139 Å². The van der Waals surface area contributed by atoms with Gasteiger partial charge < -0.3 is 20.1 Å². The van der Waals surface area contributed by atoms with Crippen LogP contribution in [0.5, 0.6) is 11.5 Å². The molecular weight excluding hydrogens is 763 g/mol. The van der Waals surface area contributed by atoms with E-state index in [2.05, 4.69) is 51.9 Å². The molecule has 1 aromatic heterocycles. The summed E-state index contributed by atoms with van der Waals surface area (Å²) in [5, 5.41) is 17.1. The van der Waals surface area contributed by atoms with Gasteiger partial charge in [-0.3, -0.25) is 19.5 Å². The summed E-state index contributed by atoms with van der Waals surface area (Å²) in [6.07, 6.45) is 8.65. The number of H-pyrrole nitrogens is 1. The van der Waals surface area contributed by atoms with Crippen LogP contribution in [0.1, 0.15) is 73.9 Å². The van der Waals surface area contributed by atoms with Gasteiger partial charge in [-0.25, -0.2) is 4.68 Å². The van der Waals surface area contributed by atoms with Gasteiger partial charge in [0.05, 0.1) is 22.8 Å². The summed E-state index contributed by atoms with van der Waals surface area (Å²) in [6.45, 7) is 4.15. The third-order valence-corrected chi connectivity index (χ3v) is 9.45. The third-order valence-electron chi connectivity index (χ3n) is 8.66. The molecule has 4 aromatic carbocycles. The molecule has 2 amide bonds. The monoisotopic (exact) mass is 804 g/mol. The lowest BCUT2D eigenvalue weighted by atomic mass is 10.0. The van der Waals surface area contributed by atoms with E-state index in [1.54, 1.807) is 49.6 Å². The van der Waals surface area contributed by atoms with Gasteiger partial charge in [0.2, 0.25) is 0 Å². The lowest BCUT2D eigenvalue weighted by Crippen LogP contribution is -2.21. The first-order chi connectivity index (χ1) is 26.6. The van der Waals surface area contributed by atoms with Crippen LogP contribution >= 0.6 is 34.8 Å². The maximum atomic E-state index is 13.7. The minimum absolute atomic E-state index is 0.0803. The maximum Gasteiger partial charge on any atom is 0.301 e. The number of halogens is 3. The van der Waals surface area contributed by atoms with Crippen molar-refractivity contribution in [2.75, 3.05) is 24.4 Å². The van der Waals surface area contributed by atoms with E-state index in [0.29, 0.717) is 22.9 Å². The van der Waals surface area contributed by atoms with Crippen molar-refractivity contribution in [2.45, 2.75) is 65.2 Å². The van der Waals surface area contributed by atoms with Crippen LogP contribution < -0.4 is 25.7 Å². The second kappa shape index (κ2) is 20.0. The lowest BCUT2D eigenvalue weighted by Gasteiger charge is -2.14. The quantitative estimate of drug-likeness (QED) is 0.0598. The number of hydrogen-bond acceptors (Lipinski definition) is 7. The normalized spacial score (nSPS) is 11.2. The Kier molecular flexibility index (Phi) is 14.9. The highest BCUT2D eigenvalue weighted by atomic mass is 35.5. The predicted molar refractivity (Wildman–Crippen MR) is 220 cm³/mol. The van der Waals surface area contributed by atoms with Crippen molar-refractivity contribution in [3.05, 3.63) is 121 Å². The second-order valence-corrected chi connectivity index (χ2v) is 14.1. The number of unbranched alkanes of at least 4 members (excludes halogenated alkanes) is 4. The minimum atomic E-state index is -0.695. The van der Waals surface area contributed by atoms with E-state index in [9.17, 15) is 14.4 Å². The first kappa shape index (κ1) is 41.1. The molecule has 0 saturated heterocycles. The molecule has 0 unspecified atom stereocenters. The molecule has 3 N–H and O–H groups in total. The molecule has 288 valence electrons. The number of aromatic amines is 1. The number of hydrogen-bond donors (Lipinski definition) is 3. The van der Waals surface area contributed by atoms with Crippen LogP contribution in [0, 0.1) is 0 Å². The van der Waals surface area contributed by atoms with Crippen molar-refractivity contribution in [2.24, 2.45) is 10.2 Å². The summed E-state index contributed by atoms with van der Waals surface area (Å²) in [4.78, 5) is 40.4. The van der Waals surface area contributed by atoms with Gasteiger partial charge in [-0.1, -0.05) is 92.5 Å². The van der Waals surface area contributed by atoms with Gasteiger partial charge >= 0.3 is 5.56 Å². The molecule has 5 aromatic rings. The zero-order chi connectivity index (χ0) is 39.3. The van der Waals surface area contributed by atoms with Crippen molar-refractivity contribution in [3.8, 4) is 17.2 Å². The van der Waals surface area contributed by atoms with Gasteiger partial charge in [-0.2, -0.15) is 5.11 Å². The number of carbonyl (C=O) groups is 2. The smallest absolute Gasteiger partial charge is 0.301 e. The fraction of sp³-hybridized carbons (Fsp3) is 0.293. The van der Waals surface area contributed by atoms with Gasteiger partial charge in [0.25, 0.3) is 11.8 Å². The van der Waals surface area contributed by atoms with Crippen LogP contribution in [-0.4, -0.2) is 35.3 Å². The first-order valence-corrected chi connectivity index (χ1v) is 19.2. The van der Waals surface area contributed by atoms with E-state index in [-0.39, 0.29) is 50.3 Å². The number of benzene rings is 4. The minimum Gasteiger partial charge on any atom is -0.497 e. The van der Waals surface area contributed by atoms with Crippen molar-refractivity contribution >= 4 is 69.5 Å². The molecule has 11 nitrogen and oxygen atoms in total. The molecule has 0 fully saturated rings. The first-order valence-electron chi connectivity index (χ1n) is 18.1. The molecule has 0 spiro atoms. The number of methoxy groups -OCH3 is 1. The Morgan fingerprint density at radius 1 is 0.818 bits per heavy atom. The molecular formula is C41H43Cl3N6O5. The standard InChI is InChI=1S/C41H43Cl3N6O5/c1-4-6-8-11-26-15-20-35(27(21-26)12-9-7-5-2)55-25-36(51)45-31-14-10-13-28(22-31)40(52)46-39-37(48-47-30-16-18-32(54-3)19-17-30)41(53)50(49-39)38-33(43)23-29(42)24-34(38)44/h10,13-24,49H,4-9,11-12,25H2,1-3H3,(H,45,51)(H,46,52)/b48-47+. The van der Waals surface area contributed by atoms with Crippen molar-refractivity contribution in [1.82, 2.24) is 9.78 Å². The SMILES string of the molecule is CCCCCc1ccc(OCC(=O)Nc2cccc(C(=O)Nc3[nH]n(-c4c(Cl)cc(Cl)cc4Cl)c(=O)c3/N=N/c3ccc(OC)cc3)c2)c(CCCCC)c1. The molecule has 1 heterocycles. The Morgan fingerprint density at radius 3 is 2.22 bits per heavy atom. The van der Waals surface area contributed by atoms with E-state index in [1.807, 2.05) is 6.07 Å². The van der Waals surface area contributed by atoms with Gasteiger partial charge in [0.15, 0.2) is 18.1 Å². The van der Waals surface area contributed by atoms with Crippen LogP contribution in [0.25, 0.3) is 5.69 Å². The Bertz CT molecular complexity index is 2180. The van der Waals surface area contributed by atoms with Crippen molar-refractivity contribution in [1.29, 1.82) is 0 Å². The summed E-state index contributed by atoms with van der Waals surface area (Å²) < 4.78 is 12.3. The van der Waals surface area contributed by atoms with Gasteiger partial charge in [0, 0.05) is 16.3 Å². The zero-order valence-corrected chi connectivity index (χ0v) is 33.2. The summed E-state index contributed by atoms with van der Waals surface area (Å²) in [5.41, 5.74) is 2.54. The largest absolute Gasteiger partial charge is 0.497 e. The summed E-state index contributed by atoms with van der Waals surface area (Å²) in [5.74, 6) is 0.238. The van der Waals surface area contributed by atoms with Crippen LogP contribution in [-0.2, 0) is 17.6 Å². The maximum absolute atomic E-state index is 13.7. The molecule has 0 atom stereocenters. The molecule has 0 saturated carbocycles. The fourth-order valence-corrected chi connectivity index (χ4v) is 6.79. The van der Waals surface area contributed by atoms with E-state index in [1.165, 1.54) is 36.6 Å². The van der Waals surface area contributed by atoms with E-state index in [4.69, 9.17) is 44.3 Å². The number of amides is 2. The predicted octanol–water partition coefficient (Wildman–Crippen LogP) is 11.3. The Hall–Kier alpha value is -5.10. The van der Waals surface area contributed by atoms with Gasteiger partial charge in [-0.15, -0.1) is 5.11 Å². The Labute approximate surface area is 335 Å². The summed E-state index contributed by atoms with van der Waals surface area (Å²) >= 11 is 19.0. The highest BCUT2D eigenvalue weighted by Crippen LogP contribution is 2.33. The molecule has 55 heavy (non-hydrogen) atoms. The van der Waals surface area contributed by atoms with E-state index >= 15 is 0 Å². The number of nitrogens with one attached hydrogen (secondary N) is 3. The van der Waals surface area contributed by atoms with Crippen LogP contribution in [0.4, 0.5) is 22.9 Å². The number of anilines is 2. The fourth-order valence-electron chi connectivity index (χ4n) is 5.80. The molecule has 5 rings (SSSR count). The number of aromatic nitrogens is 2. The van der Waals surface area contributed by atoms with E-state index < -0.39 is 11.5 Å². The molecule has 0 aliphatic rings. The van der Waals surface area contributed by atoms with Gasteiger partial charge in [0.1, 0.15) is 17.2 Å². The number of aryl methyl sites for hydroxylation is 2. The Morgan fingerprint density at radius 2 is 1.53 bits per heavy atom. The molecule has 0 bridgehead atoms.